The molecule has 0 aliphatic carbocycles. The molecule has 3 heteroatoms. The zero-order valence-corrected chi connectivity index (χ0v) is 33.2. The minimum absolute atomic E-state index is 0.704. The molecule has 3 nitrogen and oxygen atoms in total. The smallest absolute Gasteiger partial charge is 0.160 e. The van der Waals surface area contributed by atoms with E-state index in [1.165, 1.54) is 11.1 Å². The summed E-state index contributed by atoms with van der Waals surface area (Å²) in [6.07, 6.45) is 0. The maximum Gasteiger partial charge on any atom is 0.160 e. The van der Waals surface area contributed by atoms with Gasteiger partial charge in [0.2, 0.25) is 0 Å². The number of rotatable bonds is 8. The number of benzene rings is 9. The first-order valence-electron chi connectivity index (χ1n) is 20.6. The van der Waals surface area contributed by atoms with Crippen LogP contribution in [0.2, 0.25) is 0 Å². The van der Waals surface area contributed by atoms with Crippen LogP contribution in [0.15, 0.2) is 235 Å². The van der Waals surface area contributed by atoms with Gasteiger partial charge in [-0.25, -0.2) is 9.97 Å². The predicted molar refractivity (Wildman–Crippen MR) is 253 cm³/mol. The zero-order valence-electron chi connectivity index (χ0n) is 33.2. The monoisotopic (exact) mass is 778 g/mol. The Morgan fingerprint density at radius 1 is 0.262 bits per heavy atom. The van der Waals surface area contributed by atoms with Crippen molar-refractivity contribution in [3.8, 4) is 89.5 Å². The topological polar surface area (TPSA) is 38.9 Å². The Hall–Kier alpha value is -8.14. The molecule has 2 heterocycles. The van der Waals surface area contributed by atoms with Crippen molar-refractivity contribution >= 4 is 21.9 Å². The van der Waals surface area contributed by atoms with Crippen molar-refractivity contribution in [2.24, 2.45) is 0 Å². The molecule has 0 spiro atoms. The van der Waals surface area contributed by atoms with Gasteiger partial charge >= 0.3 is 0 Å². The van der Waals surface area contributed by atoms with Gasteiger partial charge in [0.05, 0.1) is 11.4 Å². The molecule has 286 valence electrons. The Labute approximate surface area is 354 Å². The van der Waals surface area contributed by atoms with Gasteiger partial charge in [0.1, 0.15) is 11.2 Å². The van der Waals surface area contributed by atoms with E-state index >= 15 is 0 Å². The minimum Gasteiger partial charge on any atom is -0.456 e. The van der Waals surface area contributed by atoms with Crippen LogP contribution < -0.4 is 0 Å². The van der Waals surface area contributed by atoms with Crippen molar-refractivity contribution in [3.63, 3.8) is 0 Å². The van der Waals surface area contributed by atoms with Crippen molar-refractivity contribution in [3.05, 3.63) is 231 Å². The summed E-state index contributed by atoms with van der Waals surface area (Å²) >= 11 is 0. The lowest BCUT2D eigenvalue weighted by atomic mass is 9.84. The molecule has 0 aliphatic heterocycles. The predicted octanol–water partition coefficient (Wildman–Crippen LogP) is 15.7. The quantitative estimate of drug-likeness (QED) is 0.154. The second kappa shape index (κ2) is 15.6. The van der Waals surface area contributed by atoms with E-state index in [0.29, 0.717) is 5.82 Å². The first-order chi connectivity index (χ1) is 30.2. The molecule has 61 heavy (non-hydrogen) atoms. The number of hydrogen-bond donors (Lipinski definition) is 0. The second-order valence-corrected chi connectivity index (χ2v) is 15.3. The van der Waals surface area contributed by atoms with Crippen LogP contribution >= 0.6 is 0 Å². The molecular weight excluding hydrogens is 741 g/mol. The van der Waals surface area contributed by atoms with Gasteiger partial charge in [-0.15, -0.1) is 0 Å². The average Bonchev–Trinajstić information content (AvgIpc) is 3.73. The highest BCUT2D eigenvalue weighted by molar-refractivity contribution is 6.07. The van der Waals surface area contributed by atoms with Crippen LogP contribution in [0.3, 0.4) is 0 Å². The maximum atomic E-state index is 6.43. The van der Waals surface area contributed by atoms with E-state index in [4.69, 9.17) is 14.4 Å². The van der Waals surface area contributed by atoms with Crippen molar-refractivity contribution in [2.45, 2.75) is 0 Å². The first-order valence-corrected chi connectivity index (χ1v) is 20.6. The van der Waals surface area contributed by atoms with E-state index in [9.17, 15) is 0 Å². The zero-order chi connectivity index (χ0) is 40.5. The Bertz CT molecular complexity index is 3260. The third kappa shape index (κ3) is 6.98. The lowest BCUT2D eigenvalue weighted by molar-refractivity contribution is 0.669. The van der Waals surface area contributed by atoms with Gasteiger partial charge in [-0.2, -0.15) is 0 Å². The molecule has 0 saturated heterocycles. The Morgan fingerprint density at radius 3 is 1.46 bits per heavy atom. The van der Waals surface area contributed by atoms with Gasteiger partial charge in [0.25, 0.3) is 0 Å². The summed E-state index contributed by atoms with van der Waals surface area (Å²) in [4.78, 5) is 10.1. The second-order valence-electron chi connectivity index (χ2n) is 15.3. The van der Waals surface area contributed by atoms with Crippen molar-refractivity contribution in [2.75, 3.05) is 0 Å². The molecular formula is C58H38N2O. The summed E-state index contributed by atoms with van der Waals surface area (Å²) in [5.74, 6) is 0.704. The Kier molecular flexibility index (Phi) is 9.18. The highest BCUT2D eigenvalue weighted by atomic mass is 16.3. The van der Waals surface area contributed by atoms with E-state index in [1.54, 1.807) is 0 Å². The normalized spacial score (nSPS) is 11.3. The fraction of sp³-hybridized carbons (Fsp3) is 0. The summed E-state index contributed by atoms with van der Waals surface area (Å²) in [6.45, 7) is 0. The summed E-state index contributed by atoms with van der Waals surface area (Å²) in [7, 11) is 0. The third-order valence-electron chi connectivity index (χ3n) is 11.5. The van der Waals surface area contributed by atoms with Crippen LogP contribution in [0, 0.1) is 0 Å². The molecule has 0 bridgehead atoms. The summed E-state index contributed by atoms with van der Waals surface area (Å²) in [6, 6.07) is 81.3. The molecule has 0 saturated carbocycles. The number of aromatic nitrogens is 2. The van der Waals surface area contributed by atoms with Crippen molar-refractivity contribution in [1.82, 2.24) is 9.97 Å². The number of furan rings is 1. The van der Waals surface area contributed by atoms with Gasteiger partial charge in [-0.3, -0.25) is 0 Å². The fourth-order valence-corrected chi connectivity index (χ4v) is 8.47. The SMILES string of the molecule is c1ccc(-c2cc(-c3ccc(-c4cccc(-c5cc(-c6ccccc6)nc(-c6ccccc6)n5)c4)cc3)c(-c3ccccc3)c(-c3ccc4c(c3)oc3ccccc34)c2)cc1. The minimum atomic E-state index is 0.704. The number of fused-ring (bicyclic) bond motifs is 3. The summed E-state index contributed by atoms with van der Waals surface area (Å²) in [5.41, 5.74) is 18.1. The van der Waals surface area contributed by atoms with E-state index in [2.05, 4.69) is 182 Å². The highest BCUT2D eigenvalue weighted by Crippen LogP contribution is 2.45. The maximum absolute atomic E-state index is 6.43. The molecule has 0 radical (unpaired) electrons. The van der Waals surface area contributed by atoms with Crippen LogP contribution in [-0.4, -0.2) is 9.97 Å². The summed E-state index contributed by atoms with van der Waals surface area (Å²) < 4.78 is 6.43. The molecule has 11 aromatic rings. The standard InChI is InChI=1S/C58H38N2O/c1-5-16-39(17-6-1)48-35-51(57(43-20-9-3-10-21-43)52(36-48)46-32-33-50-49-26-13-14-27-55(49)61-56(50)37-46)41-30-28-40(29-31-41)45-24-15-25-47(34-45)54-38-53(42-18-7-2-8-19-42)59-58(60-54)44-22-11-4-12-23-44/h1-38H. The number of hydrogen-bond acceptors (Lipinski definition) is 3. The number of nitrogens with zero attached hydrogens (tertiary/aromatic N) is 2. The fourth-order valence-electron chi connectivity index (χ4n) is 8.47. The molecule has 0 atom stereocenters. The Balaban J connectivity index is 1.03. The van der Waals surface area contributed by atoms with Crippen LogP contribution in [-0.2, 0) is 0 Å². The Morgan fingerprint density at radius 2 is 0.754 bits per heavy atom. The molecule has 0 fully saturated rings. The lowest BCUT2D eigenvalue weighted by Gasteiger charge is -2.19. The molecule has 0 aliphatic rings. The van der Waals surface area contributed by atoms with Crippen LogP contribution in [0.5, 0.6) is 0 Å². The van der Waals surface area contributed by atoms with Gasteiger partial charge in [-0.05, 0) is 98.1 Å². The molecule has 2 aromatic heterocycles. The molecule has 9 aromatic carbocycles. The number of para-hydroxylation sites is 1. The highest BCUT2D eigenvalue weighted by Gasteiger charge is 2.19. The van der Waals surface area contributed by atoms with E-state index in [-0.39, 0.29) is 0 Å². The lowest BCUT2D eigenvalue weighted by Crippen LogP contribution is -1.96. The van der Waals surface area contributed by atoms with E-state index in [0.717, 1.165) is 94.5 Å². The van der Waals surface area contributed by atoms with Crippen LogP contribution in [0.1, 0.15) is 0 Å². The van der Waals surface area contributed by atoms with Gasteiger partial charge in [-0.1, -0.05) is 188 Å². The summed E-state index contributed by atoms with van der Waals surface area (Å²) in [5, 5.41) is 2.25. The van der Waals surface area contributed by atoms with Crippen LogP contribution in [0.25, 0.3) is 111 Å². The van der Waals surface area contributed by atoms with Crippen molar-refractivity contribution in [1.29, 1.82) is 0 Å². The van der Waals surface area contributed by atoms with Crippen LogP contribution in [0.4, 0.5) is 0 Å². The van der Waals surface area contributed by atoms with E-state index in [1.807, 2.05) is 48.5 Å². The van der Waals surface area contributed by atoms with Gasteiger partial charge in [0.15, 0.2) is 5.82 Å². The molecule has 0 N–H and O–H groups in total. The van der Waals surface area contributed by atoms with Gasteiger partial charge < -0.3 is 4.42 Å². The molecule has 11 rings (SSSR count). The molecule has 0 amide bonds. The van der Waals surface area contributed by atoms with E-state index < -0.39 is 0 Å². The third-order valence-corrected chi connectivity index (χ3v) is 11.5. The largest absolute Gasteiger partial charge is 0.456 e. The average molecular weight is 779 g/mol. The van der Waals surface area contributed by atoms with Gasteiger partial charge in [0, 0.05) is 27.5 Å². The van der Waals surface area contributed by atoms with Crippen molar-refractivity contribution < 1.29 is 4.42 Å². The molecule has 0 unspecified atom stereocenters. The first kappa shape index (κ1) is 36.0.